The molecule has 0 bridgehead atoms. The van der Waals surface area contributed by atoms with E-state index in [2.05, 4.69) is 16.8 Å². The van der Waals surface area contributed by atoms with Crippen LogP contribution in [0.3, 0.4) is 0 Å². The molecule has 1 fully saturated rings. The number of aromatic nitrogens is 3. The highest BCUT2D eigenvalue weighted by Crippen LogP contribution is 2.27. The third-order valence-corrected chi connectivity index (χ3v) is 7.18. The van der Waals surface area contributed by atoms with Crippen LogP contribution in [0.2, 0.25) is 0 Å². The quantitative estimate of drug-likeness (QED) is 0.420. The highest BCUT2D eigenvalue weighted by Gasteiger charge is 2.27. The number of sulfonamides is 1. The van der Waals surface area contributed by atoms with Gasteiger partial charge in [-0.05, 0) is 12.1 Å². The number of thioether (sulfide) groups is 1. The minimum Gasteiger partial charge on any atom is -0.379 e. The van der Waals surface area contributed by atoms with Crippen LogP contribution < -0.4 is 11.1 Å². The zero-order valence-electron chi connectivity index (χ0n) is 16.6. The number of urea groups is 1. The van der Waals surface area contributed by atoms with Crippen LogP contribution in [-0.4, -0.2) is 71.5 Å². The SMILES string of the molecule is C=CCn1c(SCC(=O)NC(N)=O)nnc1-c1cccc(S(=O)(=O)N2CCOCC2)c1. The molecule has 1 aliphatic rings. The van der Waals surface area contributed by atoms with Crippen molar-refractivity contribution < 1.29 is 22.7 Å². The fourth-order valence-corrected chi connectivity index (χ4v) is 5.14. The Morgan fingerprint density at radius 2 is 2.03 bits per heavy atom. The Morgan fingerprint density at radius 3 is 2.71 bits per heavy atom. The van der Waals surface area contributed by atoms with Gasteiger partial charge in [0, 0.05) is 25.2 Å². The van der Waals surface area contributed by atoms with Crippen LogP contribution in [0.4, 0.5) is 4.79 Å². The van der Waals surface area contributed by atoms with Gasteiger partial charge in [0.05, 0.1) is 23.9 Å². The molecule has 13 heteroatoms. The molecule has 0 saturated carbocycles. The predicted octanol–water partition coefficient (Wildman–Crippen LogP) is 0.439. The molecule has 0 spiro atoms. The molecule has 1 aromatic heterocycles. The Labute approximate surface area is 183 Å². The van der Waals surface area contributed by atoms with E-state index in [1.54, 1.807) is 28.8 Å². The molecule has 0 atom stereocenters. The number of nitrogens with one attached hydrogen (secondary N) is 1. The molecule has 3 rings (SSSR count). The zero-order chi connectivity index (χ0) is 22.4. The summed E-state index contributed by atoms with van der Waals surface area (Å²) in [5, 5.41) is 10.7. The average molecular weight is 467 g/mol. The van der Waals surface area contributed by atoms with E-state index < -0.39 is 22.0 Å². The summed E-state index contributed by atoms with van der Waals surface area (Å²) in [4.78, 5) is 22.6. The van der Waals surface area contributed by atoms with E-state index in [4.69, 9.17) is 10.5 Å². The van der Waals surface area contributed by atoms with Gasteiger partial charge in [-0.2, -0.15) is 4.31 Å². The number of amides is 3. The normalized spacial score (nSPS) is 14.8. The van der Waals surface area contributed by atoms with Gasteiger partial charge in [0.2, 0.25) is 15.9 Å². The number of morpholine rings is 1. The molecule has 2 heterocycles. The molecule has 3 amide bonds. The first kappa shape index (κ1) is 22.9. The zero-order valence-corrected chi connectivity index (χ0v) is 18.2. The number of carbonyl (C=O) groups excluding carboxylic acids is 2. The lowest BCUT2D eigenvalue weighted by Crippen LogP contribution is -2.40. The Balaban J connectivity index is 1.88. The number of imide groups is 1. The molecule has 0 radical (unpaired) electrons. The standard InChI is InChI=1S/C18H22N6O5S2/c1-2-6-24-16(21-22-18(24)30-12-15(25)20-17(19)26)13-4-3-5-14(11-13)31(27,28)23-7-9-29-10-8-23/h2-5,11H,1,6-10,12H2,(H3,19,20,25,26). The highest BCUT2D eigenvalue weighted by molar-refractivity contribution is 7.99. The smallest absolute Gasteiger partial charge is 0.318 e. The summed E-state index contributed by atoms with van der Waals surface area (Å²) in [6, 6.07) is 5.52. The molecule has 1 aromatic carbocycles. The van der Waals surface area contributed by atoms with E-state index in [0.717, 1.165) is 11.8 Å². The third-order valence-electron chi connectivity index (χ3n) is 4.32. The molecule has 166 valence electrons. The van der Waals surface area contributed by atoms with Gasteiger partial charge in [0.15, 0.2) is 11.0 Å². The van der Waals surface area contributed by atoms with Crippen LogP contribution >= 0.6 is 11.8 Å². The lowest BCUT2D eigenvalue weighted by Gasteiger charge is -2.26. The number of ether oxygens (including phenoxy) is 1. The first-order valence-corrected chi connectivity index (χ1v) is 11.7. The second-order valence-electron chi connectivity index (χ2n) is 6.45. The van der Waals surface area contributed by atoms with Gasteiger partial charge in [0.1, 0.15) is 0 Å². The van der Waals surface area contributed by atoms with Crippen LogP contribution in [0.25, 0.3) is 11.4 Å². The number of hydrogen-bond donors (Lipinski definition) is 2. The van der Waals surface area contributed by atoms with Gasteiger partial charge in [-0.1, -0.05) is 30.0 Å². The van der Waals surface area contributed by atoms with Gasteiger partial charge in [-0.15, -0.1) is 16.8 Å². The van der Waals surface area contributed by atoms with Crippen LogP contribution in [-0.2, 0) is 26.1 Å². The summed E-state index contributed by atoms with van der Waals surface area (Å²) in [7, 11) is -3.67. The van der Waals surface area contributed by atoms with Crippen molar-refractivity contribution in [1.82, 2.24) is 24.4 Å². The number of carbonyl (C=O) groups is 2. The van der Waals surface area contributed by atoms with E-state index >= 15 is 0 Å². The Bertz CT molecular complexity index is 1080. The third kappa shape index (κ3) is 5.50. The lowest BCUT2D eigenvalue weighted by atomic mass is 10.2. The van der Waals surface area contributed by atoms with Crippen molar-refractivity contribution in [2.24, 2.45) is 5.73 Å². The first-order chi connectivity index (χ1) is 14.8. The van der Waals surface area contributed by atoms with Crippen molar-refractivity contribution in [2.45, 2.75) is 16.6 Å². The number of nitrogens with two attached hydrogens (primary N) is 1. The molecule has 31 heavy (non-hydrogen) atoms. The molecule has 2 aromatic rings. The van der Waals surface area contributed by atoms with Gasteiger partial charge in [0.25, 0.3) is 0 Å². The van der Waals surface area contributed by atoms with Crippen LogP contribution in [0.5, 0.6) is 0 Å². The summed E-state index contributed by atoms with van der Waals surface area (Å²) in [6.45, 7) is 5.37. The van der Waals surface area contributed by atoms with Crippen molar-refractivity contribution in [2.75, 3.05) is 32.1 Å². The molecule has 1 saturated heterocycles. The molecular weight excluding hydrogens is 444 g/mol. The second-order valence-corrected chi connectivity index (χ2v) is 9.33. The van der Waals surface area contributed by atoms with Gasteiger partial charge >= 0.3 is 6.03 Å². The van der Waals surface area contributed by atoms with Crippen molar-refractivity contribution in [3.8, 4) is 11.4 Å². The maximum Gasteiger partial charge on any atom is 0.318 e. The van der Waals surface area contributed by atoms with Gasteiger partial charge in [-0.25, -0.2) is 13.2 Å². The molecule has 1 aliphatic heterocycles. The van der Waals surface area contributed by atoms with Gasteiger partial charge < -0.3 is 10.5 Å². The molecule has 0 unspecified atom stereocenters. The summed E-state index contributed by atoms with van der Waals surface area (Å²) in [5.41, 5.74) is 5.49. The summed E-state index contributed by atoms with van der Waals surface area (Å²) in [6.07, 6.45) is 1.63. The number of rotatable bonds is 8. The van der Waals surface area contributed by atoms with E-state index in [0.29, 0.717) is 49.4 Å². The van der Waals surface area contributed by atoms with Crippen molar-refractivity contribution in [3.63, 3.8) is 0 Å². The van der Waals surface area contributed by atoms with Crippen LogP contribution in [0, 0.1) is 0 Å². The minimum absolute atomic E-state index is 0.0936. The van der Waals surface area contributed by atoms with Crippen LogP contribution in [0.1, 0.15) is 0 Å². The molecule has 0 aliphatic carbocycles. The number of nitrogens with zero attached hydrogens (tertiary/aromatic N) is 4. The fourth-order valence-electron chi connectivity index (χ4n) is 2.94. The number of primary amides is 1. The Hall–Kier alpha value is -2.74. The first-order valence-electron chi connectivity index (χ1n) is 9.27. The molecular formula is C18H22N6O5S2. The highest BCUT2D eigenvalue weighted by atomic mass is 32.2. The van der Waals surface area contributed by atoms with Crippen molar-refractivity contribution in [3.05, 3.63) is 36.9 Å². The summed E-state index contributed by atoms with van der Waals surface area (Å²) in [5.74, 6) is -0.230. The van der Waals surface area contributed by atoms with Crippen LogP contribution in [0.15, 0.2) is 47.0 Å². The summed E-state index contributed by atoms with van der Waals surface area (Å²) >= 11 is 1.07. The summed E-state index contributed by atoms with van der Waals surface area (Å²) < 4.78 is 34.3. The fraction of sp³-hybridized carbons (Fsp3) is 0.333. The maximum atomic E-state index is 13.0. The topological polar surface area (TPSA) is 150 Å². The number of allylic oxidation sites excluding steroid dienone is 1. The predicted molar refractivity (Wildman–Crippen MR) is 114 cm³/mol. The van der Waals surface area contributed by atoms with E-state index in [1.165, 1.54) is 10.4 Å². The minimum atomic E-state index is -3.67. The van der Waals surface area contributed by atoms with Crippen molar-refractivity contribution in [1.29, 1.82) is 0 Å². The lowest BCUT2D eigenvalue weighted by molar-refractivity contribution is -0.117. The Kier molecular flexibility index (Phi) is 7.43. The van der Waals surface area contributed by atoms with E-state index in [9.17, 15) is 18.0 Å². The number of benzene rings is 1. The largest absolute Gasteiger partial charge is 0.379 e. The monoisotopic (exact) mass is 466 g/mol. The van der Waals surface area contributed by atoms with Crippen molar-refractivity contribution >= 4 is 33.7 Å². The molecule has 3 N–H and O–H groups in total. The number of hydrogen-bond acceptors (Lipinski definition) is 8. The Morgan fingerprint density at radius 1 is 1.29 bits per heavy atom. The second kappa shape index (κ2) is 10.0. The average Bonchev–Trinajstić information content (AvgIpc) is 3.15. The van der Waals surface area contributed by atoms with E-state index in [-0.39, 0.29) is 10.6 Å². The maximum absolute atomic E-state index is 13.0. The molecule has 11 nitrogen and oxygen atoms in total. The van der Waals surface area contributed by atoms with E-state index in [1.807, 2.05) is 5.32 Å². The van der Waals surface area contributed by atoms with Gasteiger partial charge in [-0.3, -0.25) is 14.7 Å².